The minimum absolute atomic E-state index is 0.102. The third-order valence-corrected chi connectivity index (χ3v) is 2.04. The summed E-state index contributed by atoms with van der Waals surface area (Å²) in [6.45, 7) is 2.07. The molecule has 0 aliphatic carbocycles. The van der Waals surface area contributed by atoms with Crippen molar-refractivity contribution in [3.63, 3.8) is 0 Å². The lowest BCUT2D eigenvalue weighted by Crippen LogP contribution is -2.04. The Kier molecular flexibility index (Phi) is 3.59. The van der Waals surface area contributed by atoms with Crippen LogP contribution in [0.15, 0.2) is 24.3 Å². The highest BCUT2D eigenvalue weighted by molar-refractivity contribution is 5.32. The third-order valence-electron chi connectivity index (χ3n) is 2.04. The molecule has 0 saturated carbocycles. The number of aliphatic hydroxyl groups excluding tert-OH is 1. The molecule has 4 nitrogen and oxygen atoms in total. The van der Waals surface area contributed by atoms with Crippen LogP contribution < -0.4 is 0 Å². The highest BCUT2D eigenvalue weighted by Crippen LogP contribution is 2.14. The number of benzene rings is 1. The zero-order chi connectivity index (χ0) is 10.6. The van der Waals surface area contributed by atoms with Crippen molar-refractivity contribution >= 4 is 5.69 Å². The van der Waals surface area contributed by atoms with Crippen molar-refractivity contribution in [2.24, 2.45) is 5.92 Å². The van der Waals surface area contributed by atoms with Gasteiger partial charge in [0.2, 0.25) is 0 Å². The summed E-state index contributed by atoms with van der Waals surface area (Å²) in [5, 5.41) is 19.2. The van der Waals surface area contributed by atoms with Crippen LogP contribution in [-0.4, -0.2) is 16.6 Å². The lowest BCUT2D eigenvalue weighted by Gasteiger charge is -2.06. The van der Waals surface area contributed by atoms with Gasteiger partial charge >= 0.3 is 0 Å². The van der Waals surface area contributed by atoms with E-state index in [2.05, 4.69) is 0 Å². The standard InChI is InChI=1S/C10H13NO3/c1-8(7-12)6-9-2-4-10(5-3-9)11(13)14/h2-5,8,12H,6-7H2,1H3/t8-/m1/s1. The fourth-order valence-corrected chi connectivity index (χ4v) is 1.22. The van der Waals surface area contributed by atoms with Crippen LogP contribution in [0, 0.1) is 16.0 Å². The highest BCUT2D eigenvalue weighted by atomic mass is 16.6. The Morgan fingerprint density at radius 2 is 2.00 bits per heavy atom. The van der Waals surface area contributed by atoms with Gasteiger partial charge < -0.3 is 5.11 Å². The summed E-state index contributed by atoms with van der Waals surface area (Å²) in [7, 11) is 0. The Bertz CT molecular complexity index is 308. The summed E-state index contributed by atoms with van der Waals surface area (Å²) in [5.41, 5.74) is 1.11. The first-order chi connectivity index (χ1) is 6.63. The monoisotopic (exact) mass is 195 g/mol. The van der Waals surface area contributed by atoms with Crippen molar-refractivity contribution in [2.45, 2.75) is 13.3 Å². The van der Waals surface area contributed by atoms with Gasteiger partial charge in [-0.2, -0.15) is 0 Å². The second kappa shape index (κ2) is 4.72. The van der Waals surface area contributed by atoms with Gasteiger partial charge in [0.25, 0.3) is 5.69 Å². The van der Waals surface area contributed by atoms with Crippen molar-refractivity contribution in [2.75, 3.05) is 6.61 Å². The van der Waals surface area contributed by atoms with Crippen LogP contribution in [0.5, 0.6) is 0 Å². The van der Waals surface area contributed by atoms with Crippen molar-refractivity contribution < 1.29 is 10.0 Å². The zero-order valence-corrected chi connectivity index (χ0v) is 8.01. The molecule has 0 radical (unpaired) electrons. The minimum Gasteiger partial charge on any atom is -0.396 e. The van der Waals surface area contributed by atoms with Gasteiger partial charge in [0.1, 0.15) is 0 Å². The van der Waals surface area contributed by atoms with Gasteiger partial charge in [0.15, 0.2) is 0 Å². The second-order valence-electron chi connectivity index (χ2n) is 3.42. The van der Waals surface area contributed by atoms with Gasteiger partial charge in [-0.25, -0.2) is 0 Å². The number of nitrogens with zero attached hydrogens (tertiary/aromatic N) is 1. The quantitative estimate of drug-likeness (QED) is 0.588. The molecule has 0 aliphatic heterocycles. The number of aliphatic hydroxyl groups is 1. The molecule has 0 saturated heterocycles. The SMILES string of the molecule is C[C@@H](CO)Cc1ccc([N+](=O)[O-])cc1. The maximum Gasteiger partial charge on any atom is 0.269 e. The van der Waals surface area contributed by atoms with E-state index < -0.39 is 4.92 Å². The molecule has 1 aromatic rings. The molecule has 0 unspecified atom stereocenters. The largest absolute Gasteiger partial charge is 0.396 e. The first-order valence-electron chi connectivity index (χ1n) is 4.47. The van der Waals surface area contributed by atoms with Crippen molar-refractivity contribution in [3.8, 4) is 0 Å². The Balaban J connectivity index is 2.68. The van der Waals surface area contributed by atoms with Crippen molar-refractivity contribution in [1.82, 2.24) is 0 Å². The predicted molar refractivity (Wildman–Crippen MR) is 53.1 cm³/mol. The van der Waals surface area contributed by atoms with E-state index in [0.29, 0.717) is 0 Å². The first kappa shape index (κ1) is 10.7. The van der Waals surface area contributed by atoms with E-state index in [9.17, 15) is 10.1 Å². The van der Waals surface area contributed by atoms with Crippen LogP contribution in [0.3, 0.4) is 0 Å². The molecule has 76 valence electrons. The molecule has 1 rings (SSSR count). The molecule has 0 bridgehead atoms. The lowest BCUT2D eigenvalue weighted by molar-refractivity contribution is -0.384. The summed E-state index contributed by atoms with van der Waals surface area (Å²) in [4.78, 5) is 9.94. The minimum atomic E-state index is -0.417. The van der Waals surface area contributed by atoms with E-state index in [4.69, 9.17) is 5.11 Å². The Morgan fingerprint density at radius 3 is 2.43 bits per heavy atom. The van der Waals surface area contributed by atoms with Crippen molar-refractivity contribution in [3.05, 3.63) is 39.9 Å². The van der Waals surface area contributed by atoms with Crippen molar-refractivity contribution in [1.29, 1.82) is 0 Å². The summed E-state index contributed by atoms with van der Waals surface area (Å²) < 4.78 is 0. The molecule has 1 aromatic carbocycles. The fourth-order valence-electron chi connectivity index (χ4n) is 1.22. The second-order valence-corrected chi connectivity index (χ2v) is 3.42. The van der Waals surface area contributed by atoms with E-state index in [0.717, 1.165) is 12.0 Å². The van der Waals surface area contributed by atoms with Crippen LogP contribution in [-0.2, 0) is 6.42 Å². The molecule has 0 fully saturated rings. The van der Waals surface area contributed by atoms with Gasteiger partial charge in [0.05, 0.1) is 4.92 Å². The molecule has 0 amide bonds. The molecule has 0 aromatic heterocycles. The number of hydrogen-bond donors (Lipinski definition) is 1. The van der Waals surface area contributed by atoms with Crippen LogP contribution >= 0.6 is 0 Å². The van der Waals surface area contributed by atoms with Gasteiger partial charge in [-0.3, -0.25) is 10.1 Å². The zero-order valence-electron chi connectivity index (χ0n) is 8.01. The van der Waals surface area contributed by atoms with Gasteiger partial charge in [0, 0.05) is 18.7 Å². The third kappa shape index (κ3) is 2.81. The molecule has 0 spiro atoms. The van der Waals surface area contributed by atoms with Gasteiger partial charge in [-0.05, 0) is 17.9 Å². The number of nitro groups is 1. The van der Waals surface area contributed by atoms with Gasteiger partial charge in [-0.1, -0.05) is 19.1 Å². The topological polar surface area (TPSA) is 63.4 Å². The van der Waals surface area contributed by atoms with E-state index in [1.54, 1.807) is 12.1 Å². The summed E-state index contributed by atoms with van der Waals surface area (Å²) in [5.74, 6) is 0.191. The van der Waals surface area contributed by atoms with Crippen LogP contribution in [0.2, 0.25) is 0 Å². The molecule has 4 heteroatoms. The fraction of sp³-hybridized carbons (Fsp3) is 0.400. The molecule has 1 atom stereocenters. The van der Waals surface area contributed by atoms with E-state index in [-0.39, 0.29) is 18.2 Å². The first-order valence-corrected chi connectivity index (χ1v) is 4.47. The molecule has 0 aliphatic rings. The Morgan fingerprint density at radius 1 is 1.43 bits per heavy atom. The average molecular weight is 195 g/mol. The van der Waals surface area contributed by atoms with E-state index in [1.165, 1.54) is 12.1 Å². The van der Waals surface area contributed by atoms with E-state index in [1.807, 2.05) is 6.92 Å². The number of rotatable bonds is 4. The highest BCUT2D eigenvalue weighted by Gasteiger charge is 2.06. The number of non-ortho nitro benzene ring substituents is 1. The average Bonchev–Trinajstić information content (AvgIpc) is 2.18. The van der Waals surface area contributed by atoms with Crippen LogP contribution in [0.4, 0.5) is 5.69 Å². The maximum absolute atomic E-state index is 10.4. The molecular formula is C10H13NO3. The normalized spacial score (nSPS) is 12.4. The van der Waals surface area contributed by atoms with Gasteiger partial charge in [-0.15, -0.1) is 0 Å². The Hall–Kier alpha value is -1.42. The van der Waals surface area contributed by atoms with Crippen LogP contribution in [0.1, 0.15) is 12.5 Å². The smallest absolute Gasteiger partial charge is 0.269 e. The van der Waals surface area contributed by atoms with E-state index >= 15 is 0 Å². The van der Waals surface area contributed by atoms with Crippen LogP contribution in [0.25, 0.3) is 0 Å². The Labute approximate surface area is 82.3 Å². The molecule has 0 heterocycles. The maximum atomic E-state index is 10.4. The predicted octanol–water partition coefficient (Wildman–Crippen LogP) is 1.77. The summed E-state index contributed by atoms with van der Waals surface area (Å²) in [6, 6.07) is 6.42. The molecular weight excluding hydrogens is 182 g/mol. The summed E-state index contributed by atoms with van der Waals surface area (Å²) in [6.07, 6.45) is 0.745. The summed E-state index contributed by atoms with van der Waals surface area (Å²) >= 11 is 0. The molecule has 14 heavy (non-hydrogen) atoms. The molecule has 1 N–H and O–H groups in total. The number of hydrogen-bond acceptors (Lipinski definition) is 3. The lowest BCUT2D eigenvalue weighted by atomic mass is 10.0. The number of nitro benzene ring substituents is 1.